The van der Waals surface area contributed by atoms with Crippen LogP contribution >= 0.6 is 0 Å². The van der Waals surface area contributed by atoms with Gasteiger partial charge in [-0.2, -0.15) is 9.67 Å². The van der Waals surface area contributed by atoms with Crippen molar-refractivity contribution in [3.8, 4) is 5.95 Å². The number of aromatic amines is 1. The zero-order valence-electron chi connectivity index (χ0n) is 11.0. The molecule has 2 aromatic heterocycles. The van der Waals surface area contributed by atoms with Crippen molar-refractivity contribution in [3.05, 3.63) is 24.3 Å². The van der Waals surface area contributed by atoms with Crippen molar-refractivity contribution in [2.75, 3.05) is 31.3 Å². The van der Waals surface area contributed by atoms with Crippen LogP contribution < -0.4 is 11.1 Å². The number of rotatable bonds is 5. The number of hydrogen-bond acceptors (Lipinski definition) is 6. The fourth-order valence-corrected chi connectivity index (χ4v) is 1.86. The van der Waals surface area contributed by atoms with E-state index in [1.165, 1.54) is 4.68 Å². The van der Waals surface area contributed by atoms with Gasteiger partial charge in [-0.1, -0.05) is 12.1 Å². The first-order valence-electron chi connectivity index (χ1n) is 6.18. The van der Waals surface area contributed by atoms with Gasteiger partial charge in [-0.05, 0) is 12.1 Å². The third-order valence-corrected chi connectivity index (χ3v) is 2.80. The lowest BCUT2D eigenvalue weighted by molar-refractivity contribution is 0.210. The number of imidazole rings is 1. The first-order valence-corrected chi connectivity index (χ1v) is 6.18. The van der Waals surface area contributed by atoms with Crippen LogP contribution in [0.4, 0.5) is 11.9 Å². The van der Waals surface area contributed by atoms with Crippen molar-refractivity contribution in [1.82, 2.24) is 24.7 Å². The van der Waals surface area contributed by atoms with Gasteiger partial charge in [-0.15, -0.1) is 5.10 Å². The molecule has 0 bridgehead atoms. The van der Waals surface area contributed by atoms with Crippen molar-refractivity contribution in [2.24, 2.45) is 0 Å². The van der Waals surface area contributed by atoms with E-state index in [2.05, 4.69) is 25.4 Å². The van der Waals surface area contributed by atoms with Gasteiger partial charge in [-0.25, -0.2) is 4.98 Å². The molecule has 0 saturated heterocycles. The van der Waals surface area contributed by atoms with Gasteiger partial charge in [0.2, 0.25) is 17.8 Å². The summed E-state index contributed by atoms with van der Waals surface area (Å²) >= 11 is 0. The minimum absolute atomic E-state index is 0.268. The maximum Gasteiger partial charge on any atom is 0.244 e. The van der Waals surface area contributed by atoms with Gasteiger partial charge in [0.05, 0.1) is 17.6 Å². The molecule has 0 fully saturated rings. The largest absolute Gasteiger partial charge is 0.383 e. The number of aromatic nitrogens is 5. The second-order valence-electron chi connectivity index (χ2n) is 4.20. The topological polar surface area (TPSA) is 107 Å². The molecule has 104 valence electrons. The summed E-state index contributed by atoms with van der Waals surface area (Å²) < 4.78 is 6.42. The fraction of sp³-hybridized carbons (Fsp3) is 0.250. The van der Waals surface area contributed by atoms with E-state index in [-0.39, 0.29) is 5.95 Å². The van der Waals surface area contributed by atoms with Crippen LogP contribution in [0.3, 0.4) is 0 Å². The first kappa shape index (κ1) is 12.4. The summed E-state index contributed by atoms with van der Waals surface area (Å²) in [5.74, 6) is 1.25. The molecule has 0 amide bonds. The van der Waals surface area contributed by atoms with E-state index in [0.29, 0.717) is 25.0 Å². The molecule has 0 aliphatic carbocycles. The quantitative estimate of drug-likeness (QED) is 0.593. The Bertz CT molecular complexity index is 684. The molecule has 8 heteroatoms. The Morgan fingerprint density at radius 3 is 3.00 bits per heavy atom. The molecule has 0 aliphatic rings. The van der Waals surface area contributed by atoms with Crippen molar-refractivity contribution in [1.29, 1.82) is 0 Å². The third-order valence-electron chi connectivity index (χ3n) is 2.80. The molecule has 0 atom stereocenters. The maximum atomic E-state index is 5.86. The zero-order valence-corrected chi connectivity index (χ0v) is 11.0. The highest BCUT2D eigenvalue weighted by atomic mass is 16.5. The van der Waals surface area contributed by atoms with E-state index in [1.807, 2.05) is 24.3 Å². The van der Waals surface area contributed by atoms with Crippen LogP contribution in [0.5, 0.6) is 0 Å². The Labute approximate surface area is 115 Å². The number of hydrogen-bond donors (Lipinski definition) is 3. The van der Waals surface area contributed by atoms with Gasteiger partial charge in [0.1, 0.15) is 0 Å². The lowest BCUT2D eigenvalue weighted by atomic mass is 10.3. The molecule has 4 N–H and O–H groups in total. The van der Waals surface area contributed by atoms with Gasteiger partial charge < -0.3 is 20.8 Å². The Hall–Kier alpha value is -2.61. The van der Waals surface area contributed by atoms with Crippen LogP contribution in [-0.2, 0) is 4.74 Å². The smallest absolute Gasteiger partial charge is 0.244 e. The predicted molar refractivity (Wildman–Crippen MR) is 75.8 cm³/mol. The fourth-order valence-electron chi connectivity index (χ4n) is 1.86. The van der Waals surface area contributed by atoms with E-state index in [0.717, 1.165) is 11.0 Å². The average molecular weight is 273 g/mol. The van der Waals surface area contributed by atoms with Crippen LogP contribution in [0, 0.1) is 0 Å². The molecular weight excluding hydrogens is 258 g/mol. The Morgan fingerprint density at radius 1 is 1.35 bits per heavy atom. The second kappa shape index (κ2) is 5.17. The molecule has 0 saturated carbocycles. The molecule has 0 unspecified atom stereocenters. The molecule has 0 spiro atoms. The van der Waals surface area contributed by atoms with Crippen LogP contribution in [0.25, 0.3) is 17.0 Å². The lowest BCUT2D eigenvalue weighted by Crippen LogP contribution is -2.09. The molecule has 3 aromatic rings. The van der Waals surface area contributed by atoms with Gasteiger partial charge in [0.25, 0.3) is 0 Å². The number of nitrogens with two attached hydrogens (primary N) is 1. The molecule has 3 rings (SSSR count). The number of anilines is 2. The summed E-state index contributed by atoms with van der Waals surface area (Å²) in [7, 11) is 1.64. The van der Waals surface area contributed by atoms with Crippen LogP contribution in [0.15, 0.2) is 24.3 Å². The second-order valence-corrected chi connectivity index (χ2v) is 4.20. The lowest BCUT2D eigenvalue weighted by Gasteiger charge is -1.98. The molecule has 8 nitrogen and oxygen atoms in total. The Morgan fingerprint density at radius 2 is 2.20 bits per heavy atom. The number of para-hydroxylation sites is 2. The SMILES string of the molecule is COCCNc1nc(N)n(-c2nc3ccccc3[nH]2)n1. The molecule has 0 radical (unpaired) electrons. The van der Waals surface area contributed by atoms with Gasteiger partial charge in [0.15, 0.2) is 0 Å². The number of fused-ring (bicyclic) bond motifs is 1. The number of ether oxygens (including phenoxy) is 1. The van der Waals surface area contributed by atoms with Gasteiger partial charge in [0, 0.05) is 13.7 Å². The molecular formula is C12H15N7O. The average Bonchev–Trinajstić information content (AvgIpc) is 3.02. The summed E-state index contributed by atoms with van der Waals surface area (Å²) in [6.45, 7) is 1.18. The normalized spacial score (nSPS) is 11.1. The summed E-state index contributed by atoms with van der Waals surface area (Å²) in [6.07, 6.45) is 0. The highest BCUT2D eigenvalue weighted by Crippen LogP contribution is 2.15. The van der Waals surface area contributed by atoms with Crippen molar-refractivity contribution in [2.45, 2.75) is 0 Å². The van der Waals surface area contributed by atoms with E-state index < -0.39 is 0 Å². The van der Waals surface area contributed by atoms with Crippen LogP contribution in [0.2, 0.25) is 0 Å². The number of nitrogens with one attached hydrogen (secondary N) is 2. The number of nitrogens with zero attached hydrogens (tertiary/aromatic N) is 4. The third kappa shape index (κ3) is 2.28. The highest BCUT2D eigenvalue weighted by molar-refractivity contribution is 5.76. The van der Waals surface area contributed by atoms with Crippen LogP contribution in [0.1, 0.15) is 0 Å². The zero-order chi connectivity index (χ0) is 13.9. The maximum absolute atomic E-state index is 5.86. The van der Waals surface area contributed by atoms with E-state index in [9.17, 15) is 0 Å². The number of methoxy groups -OCH3 is 1. The Balaban J connectivity index is 1.89. The summed E-state index contributed by atoms with van der Waals surface area (Å²) in [5.41, 5.74) is 7.63. The monoisotopic (exact) mass is 273 g/mol. The van der Waals surface area contributed by atoms with Crippen molar-refractivity contribution >= 4 is 22.9 Å². The molecule has 0 aliphatic heterocycles. The predicted octanol–water partition coefficient (Wildman–Crippen LogP) is 0.784. The van der Waals surface area contributed by atoms with Crippen LogP contribution in [-0.4, -0.2) is 45.0 Å². The minimum atomic E-state index is 0.268. The van der Waals surface area contributed by atoms with Gasteiger partial charge >= 0.3 is 0 Å². The van der Waals surface area contributed by atoms with E-state index in [4.69, 9.17) is 10.5 Å². The molecule has 20 heavy (non-hydrogen) atoms. The number of H-pyrrole nitrogens is 1. The minimum Gasteiger partial charge on any atom is -0.383 e. The summed E-state index contributed by atoms with van der Waals surface area (Å²) in [4.78, 5) is 11.7. The number of nitrogen functional groups attached to an aromatic ring is 1. The summed E-state index contributed by atoms with van der Waals surface area (Å²) in [5, 5.41) is 7.29. The Kier molecular flexibility index (Phi) is 3.21. The van der Waals surface area contributed by atoms with E-state index >= 15 is 0 Å². The van der Waals surface area contributed by atoms with Crippen molar-refractivity contribution in [3.63, 3.8) is 0 Å². The first-order chi connectivity index (χ1) is 9.78. The molecule has 2 heterocycles. The van der Waals surface area contributed by atoms with E-state index in [1.54, 1.807) is 7.11 Å². The van der Waals surface area contributed by atoms with Gasteiger partial charge in [-0.3, -0.25) is 0 Å². The standard InChI is InChI=1S/C12H15N7O/c1-20-7-6-14-11-17-10(13)19(18-11)12-15-8-4-2-3-5-9(8)16-12/h2-5H,6-7H2,1H3,(H,15,16)(H3,13,14,17,18). The molecule has 1 aromatic carbocycles. The highest BCUT2D eigenvalue weighted by Gasteiger charge is 2.11. The number of benzene rings is 1. The summed E-state index contributed by atoms with van der Waals surface area (Å²) in [6, 6.07) is 7.72. The van der Waals surface area contributed by atoms with Crippen molar-refractivity contribution < 1.29 is 4.74 Å².